The molecule has 16 heavy (non-hydrogen) atoms. The minimum absolute atomic E-state index is 0.0543. The Morgan fingerprint density at radius 1 is 1.50 bits per heavy atom. The molecule has 6 heteroatoms. The van der Waals surface area contributed by atoms with Gasteiger partial charge in [0, 0.05) is 30.7 Å². The number of carbonyl (C=O) groups excluding carboxylic acids is 1. The standard InChI is InChI=1S/C10H9FN2O3/c11-7-3-6-1-2-8(13(15)16)4-9(6)10(14)12-5-7/h1-2,4,7H,3,5H2,(H,12,14). The number of rotatable bonds is 1. The van der Waals surface area contributed by atoms with Crippen LogP contribution in [0.5, 0.6) is 0 Å². The largest absolute Gasteiger partial charge is 0.349 e. The van der Waals surface area contributed by atoms with Gasteiger partial charge in [-0.25, -0.2) is 4.39 Å². The van der Waals surface area contributed by atoms with E-state index >= 15 is 0 Å². The molecule has 0 bridgehead atoms. The molecule has 1 unspecified atom stereocenters. The molecule has 1 aromatic rings. The number of nitrogens with zero attached hydrogens (tertiary/aromatic N) is 1. The molecule has 0 spiro atoms. The van der Waals surface area contributed by atoms with Crippen LogP contribution in [0.1, 0.15) is 15.9 Å². The quantitative estimate of drug-likeness (QED) is 0.575. The number of nitrogens with one attached hydrogen (secondary N) is 1. The van der Waals surface area contributed by atoms with E-state index in [9.17, 15) is 19.3 Å². The highest BCUT2D eigenvalue weighted by Gasteiger charge is 2.23. The van der Waals surface area contributed by atoms with Gasteiger partial charge in [-0.3, -0.25) is 14.9 Å². The highest BCUT2D eigenvalue weighted by Crippen LogP contribution is 2.21. The molecule has 1 atom stereocenters. The number of fused-ring (bicyclic) bond motifs is 1. The zero-order chi connectivity index (χ0) is 11.7. The summed E-state index contributed by atoms with van der Waals surface area (Å²) in [6.45, 7) is -0.0543. The van der Waals surface area contributed by atoms with Crippen molar-refractivity contribution in [3.05, 3.63) is 39.4 Å². The Balaban J connectivity index is 2.47. The van der Waals surface area contributed by atoms with E-state index in [0.29, 0.717) is 5.56 Å². The van der Waals surface area contributed by atoms with Crippen molar-refractivity contribution in [1.82, 2.24) is 5.32 Å². The summed E-state index contributed by atoms with van der Waals surface area (Å²) < 4.78 is 13.2. The fourth-order valence-corrected chi connectivity index (χ4v) is 1.68. The second-order valence-electron chi connectivity index (χ2n) is 3.61. The number of amides is 1. The van der Waals surface area contributed by atoms with Gasteiger partial charge >= 0.3 is 0 Å². The van der Waals surface area contributed by atoms with Crippen LogP contribution in [0.2, 0.25) is 0 Å². The lowest BCUT2D eigenvalue weighted by Gasteiger charge is -2.03. The van der Waals surface area contributed by atoms with Gasteiger partial charge in [-0.1, -0.05) is 6.07 Å². The molecule has 2 rings (SSSR count). The summed E-state index contributed by atoms with van der Waals surface area (Å²) in [5.74, 6) is -0.459. The number of nitro groups is 1. The Bertz CT molecular complexity index is 461. The minimum atomic E-state index is -1.15. The Kier molecular flexibility index (Phi) is 2.55. The molecule has 1 aromatic carbocycles. The van der Waals surface area contributed by atoms with Crippen molar-refractivity contribution in [3.63, 3.8) is 0 Å². The van der Waals surface area contributed by atoms with Crippen molar-refractivity contribution < 1.29 is 14.1 Å². The molecule has 0 radical (unpaired) electrons. The van der Waals surface area contributed by atoms with Crippen LogP contribution in [0.25, 0.3) is 0 Å². The summed E-state index contributed by atoms with van der Waals surface area (Å²) in [6.07, 6.45) is -1.04. The van der Waals surface area contributed by atoms with Crippen molar-refractivity contribution in [1.29, 1.82) is 0 Å². The predicted molar refractivity (Wildman–Crippen MR) is 54.0 cm³/mol. The summed E-state index contributed by atoms with van der Waals surface area (Å²) >= 11 is 0. The molecule has 1 heterocycles. The van der Waals surface area contributed by atoms with Gasteiger partial charge in [-0.05, 0) is 5.56 Å². The van der Waals surface area contributed by atoms with Crippen LogP contribution in [0.3, 0.4) is 0 Å². The molecule has 84 valence electrons. The maximum absolute atomic E-state index is 13.2. The molecule has 0 aliphatic carbocycles. The molecule has 0 saturated heterocycles. The van der Waals surface area contributed by atoms with E-state index in [1.807, 2.05) is 0 Å². The van der Waals surface area contributed by atoms with Crippen molar-refractivity contribution in [2.75, 3.05) is 6.54 Å². The van der Waals surface area contributed by atoms with Crippen molar-refractivity contribution in [3.8, 4) is 0 Å². The lowest BCUT2D eigenvalue weighted by atomic mass is 10.0. The average molecular weight is 224 g/mol. The fraction of sp³-hybridized carbons (Fsp3) is 0.300. The van der Waals surface area contributed by atoms with Gasteiger partial charge in [0.05, 0.1) is 4.92 Å². The summed E-state index contributed by atoms with van der Waals surface area (Å²) in [6, 6.07) is 3.90. The molecule has 0 aromatic heterocycles. The molecule has 0 saturated carbocycles. The van der Waals surface area contributed by atoms with E-state index in [1.54, 1.807) is 0 Å². The van der Waals surface area contributed by atoms with Crippen LogP contribution < -0.4 is 5.32 Å². The molecule has 1 N–H and O–H groups in total. The van der Waals surface area contributed by atoms with E-state index in [0.717, 1.165) is 0 Å². The fourth-order valence-electron chi connectivity index (χ4n) is 1.68. The molecule has 0 fully saturated rings. The third kappa shape index (κ3) is 1.86. The summed E-state index contributed by atoms with van der Waals surface area (Å²) in [5.41, 5.74) is 0.536. The number of carbonyl (C=O) groups is 1. The number of non-ortho nitro benzene ring substituents is 1. The highest BCUT2D eigenvalue weighted by molar-refractivity contribution is 5.96. The third-order valence-corrected chi connectivity index (χ3v) is 2.47. The number of benzene rings is 1. The smallest absolute Gasteiger partial charge is 0.270 e. The van der Waals surface area contributed by atoms with Gasteiger partial charge in [0.2, 0.25) is 0 Å². The minimum Gasteiger partial charge on any atom is -0.349 e. The number of nitro benzene ring substituents is 1. The normalized spacial score (nSPS) is 19.6. The van der Waals surface area contributed by atoms with E-state index in [-0.39, 0.29) is 24.2 Å². The first-order valence-electron chi connectivity index (χ1n) is 4.77. The topological polar surface area (TPSA) is 72.2 Å². The lowest BCUT2D eigenvalue weighted by molar-refractivity contribution is -0.384. The Morgan fingerprint density at radius 2 is 2.25 bits per heavy atom. The van der Waals surface area contributed by atoms with Gasteiger partial charge in [-0.15, -0.1) is 0 Å². The molecule has 1 aliphatic heterocycles. The van der Waals surface area contributed by atoms with Crippen LogP contribution in [-0.2, 0) is 6.42 Å². The first-order valence-corrected chi connectivity index (χ1v) is 4.77. The number of halogens is 1. The van der Waals surface area contributed by atoms with E-state index < -0.39 is 17.0 Å². The number of hydrogen-bond donors (Lipinski definition) is 1. The van der Waals surface area contributed by atoms with Crippen LogP contribution in [0.15, 0.2) is 18.2 Å². The van der Waals surface area contributed by atoms with Gasteiger partial charge in [0.1, 0.15) is 6.17 Å². The maximum Gasteiger partial charge on any atom is 0.270 e. The molecular formula is C10H9FN2O3. The molecule has 1 amide bonds. The number of alkyl halides is 1. The van der Waals surface area contributed by atoms with E-state index in [1.165, 1.54) is 18.2 Å². The van der Waals surface area contributed by atoms with Crippen LogP contribution in [-0.4, -0.2) is 23.5 Å². The van der Waals surface area contributed by atoms with Gasteiger partial charge in [0.15, 0.2) is 0 Å². The summed E-state index contributed by atoms with van der Waals surface area (Å²) in [4.78, 5) is 21.5. The zero-order valence-corrected chi connectivity index (χ0v) is 8.27. The summed E-state index contributed by atoms with van der Waals surface area (Å²) in [7, 11) is 0. The SMILES string of the molecule is O=C1NCC(F)Cc2ccc([N+](=O)[O-])cc21. The average Bonchev–Trinajstić information content (AvgIpc) is 2.38. The van der Waals surface area contributed by atoms with E-state index in [4.69, 9.17) is 0 Å². The van der Waals surface area contributed by atoms with Crippen molar-refractivity contribution in [2.45, 2.75) is 12.6 Å². The van der Waals surface area contributed by atoms with Gasteiger partial charge < -0.3 is 5.32 Å². The van der Waals surface area contributed by atoms with Crippen LogP contribution in [0, 0.1) is 10.1 Å². The van der Waals surface area contributed by atoms with Crippen molar-refractivity contribution >= 4 is 11.6 Å². The van der Waals surface area contributed by atoms with E-state index in [2.05, 4.69) is 5.32 Å². The predicted octanol–water partition coefficient (Wildman–Crippen LogP) is 1.22. The molecule has 1 aliphatic rings. The second-order valence-corrected chi connectivity index (χ2v) is 3.61. The highest BCUT2D eigenvalue weighted by atomic mass is 19.1. The monoisotopic (exact) mass is 224 g/mol. The van der Waals surface area contributed by atoms with Crippen LogP contribution >= 0.6 is 0 Å². The Labute approximate surface area is 90.4 Å². The van der Waals surface area contributed by atoms with Crippen molar-refractivity contribution in [2.24, 2.45) is 0 Å². The first kappa shape index (κ1) is 10.5. The summed E-state index contributed by atoms with van der Waals surface area (Å²) in [5, 5.41) is 12.9. The Hall–Kier alpha value is -1.98. The lowest BCUT2D eigenvalue weighted by Crippen LogP contribution is -2.27. The van der Waals surface area contributed by atoms with Gasteiger partial charge in [0.25, 0.3) is 11.6 Å². The third-order valence-electron chi connectivity index (χ3n) is 2.47. The second kappa shape index (κ2) is 3.88. The maximum atomic E-state index is 13.2. The van der Waals surface area contributed by atoms with Crippen LogP contribution in [0.4, 0.5) is 10.1 Å². The Morgan fingerprint density at radius 3 is 2.94 bits per heavy atom. The molecule has 5 nitrogen and oxygen atoms in total. The zero-order valence-electron chi connectivity index (χ0n) is 8.27. The molecular weight excluding hydrogens is 215 g/mol. The first-order chi connectivity index (χ1) is 7.58. The van der Waals surface area contributed by atoms with Gasteiger partial charge in [-0.2, -0.15) is 0 Å². The number of hydrogen-bond acceptors (Lipinski definition) is 3.